The molecule has 4 N–H and O–H groups in total. The standard InChI is InChI=1S/C26H56N.2CH2O3/c1-5-7-9-11-13-15-17-19-21-23-25-27(3,4)26-24-22-20-18-16-14-12-10-8-6-2;2*2-1(3)4/h5-26H2,1-4H3;2*(H2,2,3,4)/q+1;;. The fourth-order valence-corrected chi connectivity index (χ4v) is 4.17. The molecule has 0 amide bonds. The minimum atomic E-state index is -1.83. The van der Waals surface area contributed by atoms with E-state index in [1.165, 1.54) is 146 Å². The van der Waals surface area contributed by atoms with Gasteiger partial charge in [0.25, 0.3) is 0 Å². The van der Waals surface area contributed by atoms with Gasteiger partial charge in [0.15, 0.2) is 0 Å². The molecule has 212 valence electrons. The summed E-state index contributed by atoms with van der Waals surface area (Å²) >= 11 is 0. The monoisotopic (exact) mass is 506 g/mol. The SMILES string of the molecule is CCCCCCCCCCCC[N+](C)(C)CCCCCCCCCCCC.O=C(O)O.O=C(O)O. The average Bonchev–Trinajstić information content (AvgIpc) is 2.75. The Bertz CT molecular complexity index is 397. The Morgan fingerprint density at radius 1 is 0.429 bits per heavy atom. The number of quaternary nitrogens is 1. The molecular formula is C28H60NO6+. The van der Waals surface area contributed by atoms with Crippen LogP contribution in [0.4, 0.5) is 9.59 Å². The van der Waals surface area contributed by atoms with Gasteiger partial charge in [-0.1, -0.05) is 117 Å². The molecule has 7 heteroatoms. The maximum absolute atomic E-state index is 8.56. The third-order valence-electron chi connectivity index (χ3n) is 6.23. The summed E-state index contributed by atoms with van der Waals surface area (Å²) in [5, 5.41) is 27.9. The first kappa shape index (κ1) is 38.0. The number of rotatable bonds is 22. The molecule has 0 aliphatic carbocycles. The van der Waals surface area contributed by atoms with Crippen molar-refractivity contribution >= 4 is 12.3 Å². The zero-order valence-corrected chi connectivity index (χ0v) is 23.6. The highest BCUT2D eigenvalue weighted by molar-refractivity contribution is 5.53. The minimum Gasteiger partial charge on any atom is -0.450 e. The fourth-order valence-electron chi connectivity index (χ4n) is 4.17. The van der Waals surface area contributed by atoms with Crippen LogP contribution in [0, 0.1) is 0 Å². The predicted molar refractivity (Wildman–Crippen MR) is 147 cm³/mol. The van der Waals surface area contributed by atoms with Gasteiger partial charge in [0.1, 0.15) is 0 Å². The van der Waals surface area contributed by atoms with Crippen LogP contribution in [0.5, 0.6) is 0 Å². The van der Waals surface area contributed by atoms with E-state index >= 15 is 0 Å². The minimum absolute atomic E-state index is 1.24. The van der Waals surface area contributed by atoms with Crippen molar-refractivity contribution in [3.63, 3.8) is 0 Å². The third-order valence-corrected chi connectivity index (χ3v) is 6.23. The molecule has 0 aromatic heterocycles. The molecule has 0 saturated heterocycles. The van der Waals surface area contributed by atoms with Crippen LogP contribution in [0.2, 0.25) is 0 Å². The van der Waals surface area contributed by atoms with Gasteiger partial charge >= 0.3 is 12.3 Å². The van der Waals surface area contributed by atoms with Crippen LogP contribution >= 0.6 is 0 Å². The molecule has 35 heavy (non-hydrogen) atoms. The molecule has 0 fully saturated rings. The molecule has 0 aromatic rings. The zero-order valence-electron chi connectivity index (χ0n) is 23.6. The number of hydrogen-bond acceptors (Lipinski definition) is 2. The van der Waals surface area contributed by atoms with E-state index in [4.69, 9.17) is 30.0 Å². The van der Waals surface area contributed by atoms with Gasteiger partial charge in [-0.05, 0) is 25.7 Å². The van der Waals surface area contributed by atoms with E-state index < -0.39 is 12.3 Å². The highest BCUT2D eigenvalue weighted by Crippen LogP contribution is 2.14. The van der Waals surface area contributed by atoms with E-state index in [2.05, 4.69) is 27.9 Å². The Morgan fingerprint density at radius 3 is 0.800 bits per heavy atom. The Balaban J connectivity index is -0.00000110. The molecule has 0 aromatic carbocycles. The highest BCUT2D eigenvalue weighted by Gasteiger charge is 2.13. The predicted octanol–water partition coefficient (Wildman–Crippen LogP) is 9.35. The van der Waals surface area contributed by atoms with E-state index in [1.54, 1.807) is 0 Å². The fraction of sp³-hybridized carbons (Fsp3) is 0.929. The Morgan fingerprint density at radius 2 is 0.600 bits per heavy atom. The molecule has 0 bridgehead atoms. The molecule has 0 spiro atoms. The van der Waals surface area contributed by atoms with Crippen molar-refractivity contribution in [2.24, 2.45) is 0 Å². The molecule has 0 atom stereocenters. The molecule has 0 saturated carbocycles. The van der Waals surface area contributed by atoms with E-state index in [1.807, 2.05) is 0 Å². The van der Waals surface area contributed by atoms with Gasteiger partial charge in [-0.25, -0.2) is 9.59 Å². The maximum Gasteiger partial charge on any atom is 0.503 e. The van der Waals surface area contributed by atoms with Crippen molar-refractivity contribution < 1.29 is 34.5 Å². The summed E-state index contributed by atoms with van der Waals surface area (Å²) in [6.07, 6.45) is 25.3. The van der Waals surface area contributed by atoms with Gasteiger partial charge in [-0.3, -0.25) is 0 Å². The molecule has 0 radical (unpaired) electrons. The first-order chi connectivity index (χ1) is 16.6. The third kappa shape index (κ3) is 50.4. The van der Waals surface area contributed by atoms with Gasteiger partial charge in [0.2, 0.25) is 0 Å². The van der Waals surface area contributed by atoms with Gasteiger partial charge in [0, 0.05) is 0 Å². The Hall–Kier alpha value is -1.50. The normalized spacial score (nSPS) is 10.6. The Kier molecular flexibility index (Phi) is 33.2. The van der Waals surface area contributed by atoms with E-state index in [0.717, 1.165) is 0 Å². The second kappa shape index (κ2) is 30.5. The van der Waals surface area contributed by atoms with Crippen molar-refractivity contribution in [3.05, 3.63) is 0 Å². The van der Waals surface area contributed by atoms with Crippen molar-refractivity contribution in [2.75, 3.05) is 27.2 Å². The first-order valence-corrected chi connectivity index (χ1v) is 14.2. The topological polar surface area (TPSA) is 115 Å². The molecule has 0 unspecified atom stereocenters. The molecular weight excluding hydrogens is 446 g/mol. The molecule has 0 aliphatic rings. The Labute approximate surface area is 216 Å². The lowest BCUT2D eigenvalue weighted by Gasteiger charge is -2.30. The molecule has 0 aliphatic heterocycles. The maximum atomic E-state index is 8.56. The summed E-state index contributed by atoms with van der Waals surface area (Å²) in [5.41, 5.74) is 0. The van der Waals surface area contributed by atoms with Crippen LogP contribution in [0.25, 0.3) is 0 Å². The summed E-state index contributed by atoms with van der Waals surface area (Å²) in [7, 11) is 4.89. The number of nitrogens with zero attached hydrogens (tertiary/aromatic N) is 1. The number of hydrogen-bond donors (Lipinski definition) is 4. The second-order valence-corrected chi connectivity index (χ2v) is 10.3. The first-order valence-electron chi connectivity index (χ1n) is 14.2. The van der Waals surface area contributed by atoms with Crippen LogP contribution in [0.1, 0.15) is 142 Å². The lowest BCUT2D eigenvalue weighted by molar-refractivity contribution is -0.890. The van der Waals surface area contributed by atoms with Crippen LogP contribution in [0.15, 0.2) is 0 Å². The van der Waals surface area contributed by atoms with Crippen LogP contribution < -0.4 is 0 Å². The summed E-state index contributed by atoms with van der Waals surface area (Å²) in [6, 6.07) is 0. The van der Waals surface area contributed by atoms with Gasteiger partial charge in [0.05, 0.1) is 27.2 Å². The van der Waals surface area contributed by atoms with Gasteiger partial charge < -0.3 is 24.9 Å². The number of carbonyl (C=O) groups is 2. The van der Waals surface area contributed by atoms with Crippen molar-refractivity contribution in [1.29, 1.82) is 0 Å². The van der Waals surface area contributed by atoms with E-state index in [-0.39, 0.29) is 0 Å². The number of carboxylic acid groups (broad SMARTS) is 4. The van der Waals surface area contributed by atoms with Crippen molar-refractivity contribution in [2.45, 2.75) is 142 Å². The van der Waals surface area contributed by atoms with Gasteiger partial charge in [-0.15, -0.1) is 0 Å². The summed E-state index contributed by atoms with van der Waals surface area (Å²) in [5.74, 6) is 0. The zero-order chi connectivity index (χ0) is 27.2. The smallest absolute Gasteiger partial charge is 0.450 e. The quantitative estimate of drug-likeness (QED) is 0.0858. The van der Waals surface area contributed by atoms with E-state index in [0.29, 0.717) is 0 Å². The van der Waals surface area contributed by atoms with Crippen molar-refractivity contribution in [3.8, 4) is 0 Å². The largest absolute Gasteiger partial charge is 0.503 e. The molecule has 7 nitrogen and oxygen atoms in total. The summed E-state index contributed by atoms with van der Waals surface area (Å²) < 4.78 is 1.24. The van der Waals surface area contributed by atoms with Crippen LogP contribution in [-0.4, -0.2) is 64.4 Å². The average molecular weight is 507 g/mol. The molecule has 0 heterocycles. The highest BCUT2D eigenvalue weighted by atomic mass is 16.6. The lowest BCUT2D eigenvalue weighted by Crippen LogP contribution is -2.41. The summed E-state index contributed by atoms with van der Waals surface area (Å²) in [6.45, 7) is 7.37. The van der Waals surface area contributed by atoms with Gasteiger partial charge in [-0.2, -0.15) is 0 Å². The van der Waals surface area contributed by atoms with Crippen molar-refractivity contribution in [1.82, 2.24) is 0 Å². The second-order valence-electron chi connectivity index (χ2n) is 10.3. The van der Waals surface area contributed by atoms with E-state index in [9.17, 15) is 0 Å². The lowest BCUT2D eigenvalue weighted by atomic mass is 10.1. The van der Waals surface area contributed by atoms with Crippen LogP contribution in [0.3, 0.4) is 0 Å². The number of unbranched alkanes of at least 4 members (excludes halogenated alkanes) is 18. The van der Waals surface area contributed by atoms with Crippen LogP contribution in [-0.2, 0) is 0 Å². The summed E-state index contributed by atoms with van der Waals surface area (Å²) in [4.78, 5) is 17.1. The molecule has 0 rings (SSSR count).